The van der Waals surface area contributed by atoms with Gasteiger partial charge < -0.3 is 9.64 Å². The van der Waals surface area contributed by atoms with Crippen LogP contribution < -0.4 is 0 Å². The zero-order chi connectivity index (χ0) is 17.6. The summed E-state index contributed by atoms with van der Waals surface area (Å²) in [5.74, 6) is 0.369. The summed E-state index contributed by atoms with van der Waals surface area (Å²) >= 11 is 0. The van der Waals surface area contributed by atoms with Crippen molar-refractivity contribution in [1.29, 1.82) is 0 Å². The number of ketones is 1. The van der Waals surface area contributed by atoms with Crippen LogP contribution in [0, 0.1) is 5.92 Å². The molecule has 0 spiro atoms. The Labute approximate surface area is 140 Å². The van der Waals surface area contributed by atoms with Crippen molar-refractivity contribution in [3.05, 3.63) is 12.3 Å². The maximum Gasteiger partial charge on any atom is 0.410 e. The van der Waals surface area contributed by atoms with E-state index in [1.807, 2.05) is 40.8 Å². The predicted molar refractivity (Wildman–Crippen MR) is 92.2 cm³/mol. The van der Waals surface area contributed by atoms with Crippen LogP contribution in [0.15, 0.2) is 12.3 Å². The summed E-state index contributed by atoms with van der Waals surface area (Å²) in [6.07, 6.45) is 4.69. The summed E-state index contributed by atoms with van der Waals surface area (Å²) in [6, 6.07) is -0.409. The normalized spacial score (nSPS) is 22.3. The summed E-state index contributed by atoms with van der Waals surface area (Å²) in [7, 11) is 0. The Morgan fingerprint density at radius 3 is 2.35 bits per heavy atom. The largest absolute Gasteiger partial charge is 0.444 e. The van der Waals surface area contributed by atoms with Gasteiger partial charge in [0.1, 0.15) is 5.60 Å². The fraction of sp³-hybridized carbons (Fsp3) is 0.778. The second-order valence-corrected chi connectivity index (χ2v) is 7.27. The smallest absolute Gasteiger partial charge is 0.410 e. The third-order valence-electron chi connectivity index (χ3n) is 4.04. The maximum absolute atomic E-state index is 12.6. The molecule has 1 amide bonds. The molecule has 1 rings (SSSR count). The van der Waals surface area contributed by atoms with Gasteiger partial charge in [-0.15, -0.1) is 0 Å². The summed E-state index contributed by atoms with van der Waals surface area (Å²) < 4.78 is 5.47. The number of likely N-dealkylation sites (tertiary alicyclic amines) is 1. The molecule has 0 aromatic rings. The zero-order valence-electron chi connectivity index (χ0n) is 15.5. The van der Waals surface area contributed by atoms with Crippen molar-refractivity contribution in [2.75, 3.05) is 19.6 Å². The number of ether oxygens (including phenoxy) is 1. The molecule has 0 aromatic carbocycles. The molecule has 1 saturated heterocycles. The fourth-order valence-electron chi connectivity index (χ4n) is 2.70. The Balaban J connectivity index is 2.83. The van der Waals surface area contributed by atoms with Crippen LogP contribution in [0.25, 0.3) is 0 Å². The Bertz CT molecular complexity index is 436. The highest BCUT2D eigenvalue weighted by Gasteiger charge is 2.35. The van der Waals surface area contributed by atoms with Gasteiger partial charge in [0.2, 0.25) is 0 Å². The Kier molecular flexibility index (Phi) is 7.10. The van der Waals surface area contributed by atoms with Crippen LogP contribution in [-0.4, -0.2) is 53.0 Å². The molecule has 1 unspecified atom stereocenters. The molecule has 0 aromatic heterocycles. The molecule has 132 valence electrons. The van der Waals surface area contributed by atoms with Crippen molar-refractivity contribution in [1.82, 2.24) is 9.80 Å². The molecule has 1 aliphatic rings. The lowest BCUT2D eigenvalue weighted by Crippen LogP contribution is -2.51. The van der Waals surface area contributed by atoms with Crippen molar-refractivity contribution in [2.24, 2.45) is 5.92 Å². The SMILES string of the molecule is CCN(/C=C/C(=O)[C@@H]1CCC(C)CN1C(=O)OC(C)(C)C)CC. The summed E-state index contributed by atoms with van der Waals surface area (Å²) in [5.41, 5.74) is -0.553. The summed E-state index contributed by atoms with van der Waals surface area (Å²) in [6.45, 7) is 14.0. The third kappa shape index (κ3) is 6.24. The topological polar surface area (TPSA) is 49.9 Å². The van der Waals surface area contributed by atoms with Gasteiger partial charge in [-0.25, -0.2) is 4.79 Å². The van der Waals surface area contributed by atoms with E-state index in [1.165, 1.54) is 0 Å². The lowest BCUT2D eigenvalue weighted by molar-refractivity contribution is -0.121. The third-order valence-corrected chi connectivity index (χ3v) is 4.04. The van der Waals surface area contributed by atoms with E-state index >= 15 is 0 Å². The molecule has 0 aliphatic carbocycles. The van der Waals surface area contributed by atoms with Gasteiger partial charge in [0, 0.05) is 25.8 Å². The highest BCUT2D eigenvalue weighted by Crippen LogP contribution is 2.25. The first-order valence-electron chi connectivity index (χ1n) is 8.63. The standard InChI is InChI=1S/C18H32N2O3/c1-7-19(8-2)12-11-16(21)15-10-9-14(3)13-20(15)17(22)23-18(4,5)6/h11-12,14-15H,7-10,13H2,1-6H3/b12-11+/t14?,15-/m0/s1. The van der Waals surface area contributed by atoms with Gasteiger partial charge >= 0.3 is 6.09 Å². The Hall–Kier alpha value is -1.52. The van der Waals surface area contributed by atoms with Crippen molar-refractivity contribution in [2.45, 2.75) is 66.0 Å². The van der Waals surface area contributed by atoms with Crippen molar-refractivity contribution >= 4 is 11.9 Å². The van der Waals surface area contributed by atoms with Crippen LogP contribution in [0.2, 0.25) is 0 Å². The van der Waals surface area contributed by atoms with E-state index in [4.69, 9.17) is 4.74 Å². The van der Waals surface area contributed by atoms with Gasteiger partial charge in [-0.3, -0.25) is 9.69 Å². The first-order valence-corrected chi connectivity index (χ1v) is 8.63. The molecule has 0 radical (unpaired) electrons. The van der Waals surface area contributed by atoms with E-state index in [1.54, 1.807) is 11.0 Å². The van der Waals surface area contributed by atoms with Crippen molar-refractivity contribution in [3.63, 3.8) is 0 Å². The molecule has 0 saturated carbocycles. The van der Waals surface area contributed by atoms with Gasteiger partial charge in [-0.2, -0.15) is 0 Å². The minimum absolute atomic E-state index is 0.0188. The van der Waals surface area contributed by atoms with E-state index in [2.05, 4.69) is 11.8 Å². The van der Waals surface area contributed by atoms with Gasteiger partial charge in [-0.1, -0.05) is 6.92 Å². The molecule has 1 heterocycles. The van der Waals surface area contributed by atoms with Gasteiger partial charge in [-0.05, 0) is 59.5 Å². The number of nitrogens with zero attached hydrogens (tertiary/aromatic N) is 2. The lowest BCUT2D eigenvalue weighted by atomic mass is 9.92. The minimum atomic E-state index is -0.553. The molecule has 23 heavy (non-hydrogen) atoms. The van der Waals surface area contributed by atoms with E-state index in [0.717, 1.165) is 19.5 Å². The molecule has 5 nitrogen and oxygen atoms in total. The van der Waals surface area contributed by atoms with Crippen LogP contribution >= 0.6 is 0 Å². The highest BCUT2D eigenvalue weighted by molar-refractivity contribution is 5.96. The average Bonchev–Trinajstić information content (AvgIpc) is 2.46. The lowest BCUT2D eigenvalue weighted by Gasteiger charge is -2.38. The van der Waals surface area contributed by atoms with E-state index in [0.29, 0.717) is 18.9 Å². The first-order chi connectivity index (χ1) is 10.7. The summed E-state index contributed by atoms with van der Waals surface area (Å²) in [5, 5.41) is 0. The summed E-state index contributed by atoms with van der Waals surface area (Å²) in [4.78, 5) is 28.7. The second-order valence-electron chi connectivity index (χ2n) is 7.27. The average molecular weight is 324 g/mol. The molecular formula is C18H32N2O3. The molecule has 0 bridgehead atoms. The number of carbonyl (C=O) groups is 2. The molecular weight excluding hydrogens is 292 g/mol. The second kappa shape index (κ2) is 8.37. The van der Waals surface area contributed by atoms with Crippen LogP contribution in [0.4, 0.5) is 4.79 Å². The number of amides is 1. The van der Waals surface area contributed by atoms with E-state index in [-0.39, 0.29) is 5.78 Å². The highest BCUT2D eigenvalue weighted by atomic mass is 16.6. The monoisotopic (exact) mass is 324 g/mol. The Morgan fingerprint density at radius 1 is 1.22 bits per heavy atom. The van der Waals surface area contributed by atoms with E-state index in [9.17, 15) is 9.59 Å². The minimum Gasteiger partial charge on any atom is -0.444 e. The number of hydrogen-bond acceptors (Lipinski definition) is 4. The molecule has 1 aliphatic heterocycles. The van der Waals surface area contributed by atoms with Crippen LogP contribution in [-0.2, 0) is 9.53 Å². The predicted octanol–water partition coefficient (Wildman–Crippen LogP) is 3.45. The van der Waals surface area contributed by atoms with Crippen molar-refractivity contribution < 1.29 is 14.3 Å². The number of hydrogen-bond donors (Lipinski definition) is 0. The first kappa shape index (κ1) is 19.5. The number of piperidine rings is 1. The van der Waals surface area contributed by atoms with Gasteiger partial charge in [0.25, 0.3) is 0 Å². The van der Waals surface area contributed by atoms with Crippen LogP contribution in [0.3, 0.4) is 0 Å². The van der Waals surface area contributed by atoms with Crippen molar-refractivity contribution in [3.8, 4) is 0 Å². The Morgan fingerprint density at radius 2 is 1.83 bits per heavy atom. The van der Waals surface area contributed by atoms with Gasteiger partial charge in [0.15, 0.2) is 5.78 Å². The number of carbonyl (C=O) groups excluding carboxylic acids is 2. The van der Waals surface area contributed by atoms with Crippen LogP contribution in [0.1, 0.15) is 54.4 Å². The quantitative estimate of drug-likeness (QED) is 0.727. The van der Waals surface area contributed by atoms with Crippen LogP contribution in [0.5, 0.6) is 0 Å². The maximum atomic E-state index is 12.6. The molecule has 0 N–H and O–H groups in total. The fourth-order valence-corrected chi connectivity index (χ4v) is 2.70. The van der Waals surface area contributed by atoms with E-state index < -0.39 is 17.7 Å². The molecule has 5 heteroatoms. The molecule has 1 fully saturated rings. The van der Waals surface area contributed by atoms with Gasteiger partial charge in [0.05, 0.1) is 6.04 Å². The zero-order valence-corrected chi connectivity index (χ0v) is 15.5. The number of rotatable bonds is 5. The molecule has 2 atom stereocenters.